The smallest absolute Gasteiger partial charge is 0.126 e. The van der Waals surface area contributed by atoms with Gasteiger partial charge in [0.15, 0.2) is 0 Å². The fourth-order valence-corrected chi connectivity index (χ4v) is 3.02. The summed E-state index contributed by atoms with van der Waals surface area (Å²) in [5.74, 6) is -0.159. The van der Waals surface area contributed by atoms with Crippen molar-refractivity contribution >= 4 is 5.69 Å². The molecule has 2 N–H and O–H groups in total. The third kappa shape index (κ3) is 3.08. The van der Waals surface area contributed by atoms with Crippen molar-refractivity contribution in [1.29, 1.82) is 0 Å². The number of nitrogens with two attached hydrogens (primary N) is 1. The highest BCUT2D eigenvalue weighted by atomic mass is 19.1. The zero-order valence-electron chi connectivity index (χ0n) is 12.2. The highest BCUT2D eigenvalue weighted by Gasteiger charge is 2.22. The molecule has 1 aliphatic rings. The summed E-state index contributed by atoms with van der Waals surface area (Å²) < 4.78 is 13.8. The van der Waals surface area contributed by atoms with Crippen LogP contribution >= 0.6 is 0 Å². The average Bonchev–Trinajstić information content (AvgIpc) is 2.41. The Hall–Kier alpha value is -1.09. The van der Waals surface area contributed by atoms with Gasteiger partial charge in [-0.3, -0.25) is 0 Å². The molecule has 106 valence electrons. The Morgan fingerprint density at radius 3 is 2.47 bits per heavy atom. The quantitative estimate of drug-likeness (QED) is 0.896. The third-order valence-electron chi connectivity index (χ3n) is 4.30. The Morgan fingerprint density at radius 2 is 1.89 bits per heavy atom. The van der Waals surface area contributed by atoms with E-state index in [1.165, 1.54) is 32.1 Å². The van der Waals surface area contributed by atoms with Crippen molar-refractivity contribution in [3.63, 3.8) is 0 Å². The molecule has 0 bridgehead atoms. The Bertz CT molecular complexity index is 437. The van der Waals surface area contributed by atoms with Crippen molar-refractivity contribution in [3.8, 4) is 0 Å². The fraction of sp³-hybridized carbons (Fsp3) is 0.625. The second-order valence-electron chi connectivity index (χ2n) is 5.85. The highest BCUT2D eigenvalue weighted by Crippen LogP contribution is 2.32. The van der Waals surface area contributed by atoms with Gasteiger partial charge < -0.3 is 10.6 Å². The van der Waals surface area contributed by atoms with Gasteiger partial charge in [-0.25, -0.2) is 4.39 Å². The van der Waals surface area contributed by atoms with E-state index in [0.29, 0.717) is 11.6 Å². The number of anilines is 1. The molecule has 1 aliphatic carbocycles. The van der Waals surface area contributed by atoms with Crippen molar-refractivity contribution in [1.82, 2.24) is 0 Å². The number of hydrogen-bond donors (Lipinski definition) is 1. The molecule has 1 fully saturated rings. The molecular formula is C16H25FN2. The van der Waals surface area contributed by atoms with Crippen LogP contribution in [0.15, 0.2) is 12.1 Å². The summed E-state index contributed by atoms with van der Waals surface area (Å²) in [5, 5.41) is 0. The maximum atomic E-state index is 13.8. The molecule has 19 heavy (non-hydrogen) atoms. The molecule has 1 saturated carbocycles. The van der Waals surface area contributed by atoms with Crippen LogP contribution in [-0.2, 0) is 0 Å². The third-order valence-corrected chi connectivity index (χ3v) is 4.30. The lowest BCUT2D eigenvalue weighted by atomic mass is 9.93. The molecule has 0 aromatic heterocycles. The standard InChI is InChI=1S/C16H25FN2/c1-11-9-16(14(12(2)18)10-15(11)17)19(3)13-7-5-4-6-8-13/h9-10,12-13H,4-8,18H2,1-3H3. The van der Waals surface area contributed by atoms with E-state index in [4.69, 9.17) is 5.73 Å². The summed E-state index contributed by atoms with van der Waals surface area (Å²) in [6, 6.07) is 3.98. The lowest BCUT2D eigenvalue weighted by molar-refractivity contribution is 0.426. The summed E-state index contributed by atoms with van der Waals surface area (Å²) in [4.78, 5) is 2.31. The molecule has 1 unspecified atom stereocenters. The van der Waals surface area contributed by atoms with Crippen LogP contribution in [0.1, 0.15) is 56.2 Å². The predicted molar refractivity (Wildman–Crippen MR) is 79.0 cm³/mol. The molecule has 1 atom stereocenters. The van der Waals surface area contributed by atoms with Crippen molar-refractivity contribution in [2.75, 3.05) is 11.9 Å². The van der Waals surface area contributed by atoms with Crippen LogP contribution in [0.3, 0.4) is 0 Å². The van der Waals surface area contributed by atoms with Crippen molar-refractivity contribution in [2.24, 2.45) is 5.73 Å². The second kappa shape index (κ2) is 5.91. The monoisotopic (exact) mass is 264 g/mol. The van der Waals surface area contributed by atoms with Crippen molar-refractivity contribution in [2.45, 2.75) is 58.0 Å². The molecule has 0 spiro atoms. The van der Waals surface area contributed by atoms with Gasteiger partial charge in [0.25, 0.3) is 0 Å². The highest BCUT2D eigenvalue weighted by molar-refractivity contribution is 5.57. The van der Waals surface area contributed by atoms with E-state index in [9.17, 15) is 4.39 Å². The van der Waals surface area contributed by atoms with E-state index in [2.05, 4.69) is 11.9 Å². The van der Waals surface area contributed by atoms with E-state index in [0.717, 1.165) is 11.3 Å². The number of hydrogen-bond acceptors (Lipinski definition) is 2. The van der Waals surface area contributed by atoms with Crippen LogP contribution < -0.4 is 10.6 Å². The molecule has 1 aromatic rings. The fourth-order valence-electron chi connectivity index (χ4n) is 3.02. The van der Waals surface area contributed by atoms with E-state index < -0.39 is 0 Å². The van der Waals surface area contributed by atoms with E-state index in [1.54, 1.807) is 6.07 Å². The largest absolute Gasteiger partial charge is 0.371 e. The minimum absolute atomic E-state index is 0.142. The van der Waals surface area contributed by atoms with Gasteiger partial charge >= 0.3 is 0 Å². The van der Waals surface area contributed by atoms with Crippen LogP contribution in [0, 0.1) is 12.7 Å². The minimum Gasteiger partial charge on any atom is -0.371 e. The molecular weight excluding hydrogens is 239 g/mol. The molecule has 3 heteroatoms. The predicted octanol–water partition coefficient (Wildman–Crippen LogP) is 3.92. The first-order chi connectivity index (χ1) is 9.00. The van der Waals surface area contributed by atoms with Gasteiger partial charge in [0.2, 0.25) is 0 Å². The van der Waals surface area contributed by atoms with Crippen molar-refractivity contribution < 1.29 is 4.39 Å². The summed E-state index contributed by atoms with van der Waals surface area (Å²) in [6.07, 6.45) is 6.38. The van der Waals surface area contributed by atoms with E-state index >= 15 is 0 Å². The summed E-state index contributed by atoms with van der Waals surface area (Å²) in [6.45, 7) is 3.74. The second-order valence-corrected chi connectivity index (χ2v) is 5.85. The van der Waals surface area contributed by atoms with Crippen LogP contribution in [0.5, 0.6) is 0 Å². The zero-order valence-corrected chi connectivity index (χ0v) is 12.2. The summed E-state index contributed by atoms with van der Waals surface area (Å²) in [7, 11) is 2.12. The zero-order chi connectivity index (χ0) is 14.0. The lowest BCUT2D eigenvalue weighted by Crippen LogP contribution is -2.34. The number of rotatable bonds is 3. The van der Waals surface area contributed by atoms with Gasteiger partial charge in [0.05, 0.1) is 0 Å². The average molecular weight is 264 g/mol. The van der Waals surface area contributed by atoms with Gasteiger partial charge in [-0.15, -0.1) is 0 Å². The maximum absolute atomic E-state index is 13.8. The normalized spacial score (nSPS) is 18.4. The molecule has 0 radical (unpaired) electrons. The molecule has 0 saturated heterocycles. The Balaban J connectivity index is 2.33. The minimum atomic E-state index is -0.159. The Labute approximate surface area is 115 Å². The van der Waals surface area contributed by atoms with Gasteiger partial charge in [-0.05, 0) is 49.9 Å². The molecule has 2 rings (SSSR count). The number of nitrogens with zero attached hydrogens (tertiary/aromatic N) is 1. The first-order valence-electron chi connectivity index (χ1n) is 7.29. The first kappa shape index (κ1) is 14.3. The maximum Gasteiger partial charge on any atom is 0.126 e. The molecule has 0 amide bonds. The first-order valence-corrected chi connectivity index (χ1v) is 7.29. The van der Waals surface area contributed by atoms with Gasteiger partial charge in [0.1, 0.15) is 5.82 Å². The van der Waals surface area contributed by atoms with Crippen molar-refractivity contribution in [3.05, 3.63) is 29.1 Å². The van der Waals surface area contributed by atoms with E-state index in [-0.39, 0.29) is 11.9 Å². The molecule has 0 aliphatic heterocycles. The number of aryl methyl sites for hydroxylation is 1. The summed E-state index contributed by atoms with van der Waals surface area (Å²) >= 11 is 0. The van der Waals surface area contributed by atoms with Crippen LogP contribution in [0.2, 0.25) is 0 Å². The van der Waals surface area contributed by atoms with Crippen LogP contribution in [0.25, 0.3) is 0 Å². The Morgan fingerprint density at radius 1 is 1.26 bits per heavy atom. The van der Waals surface area contributed by atoms with Crippen LogP contribution in [0.4, 0.5) is 10.1 Å². The number of benzene rings is 1. The van der Waals surface area contributed by atoms with Crippen LogP contribution in [-0.4, -0.2) is 13.1 Å². The van der Waals surface area contributed by atoms with E-state index in [1.807, 2.05) is 19.9 Å². The van der Waals surface area contributed by atoms with Gasteiger partial charge in [-0.1, -0.05) is 19.3 Å². The SMILES string of the molecule is Cc1cc(N(C)C2CCCCC2)c(C(C)N)cc1F. The molecule has 0 heterocycles. The topological polar surface area (TPSA) is 29.3 Å². The van der Waals surface area contributed by atoms with Gasteiger partial charge in [-0.2, -0.15) is 0 Å². The number of halogens is 1. The summed E-state index contributed by atoms with van der Waals surface area (Å²) in [5.41, 5.74) is 8.71. The molecule has 2 nitrogen and oxygen atoms in total. The molecule has 1 aromatic carbocycles. The lowest BCUT2D eigenvalue weighted by Gasteiger charge is -2.35. The van der Waals surface area contributed by atoms with Gasteiger partial charge in [0, 0.05) is 24.8 Å². The Kier molecular flexibility index (Phi) is 4.46.